The first kappa shape index (κ1) is 22.0. The second kappa shape index (κ2) is 9.08. The standard InChI is InChI=1S/C26H23NO6/c1-31-18-11-9-17(10-12-18)27-23(16-7-5-4-6-8-16)22(25(29)26(27)30)24(28)20-14-13-19(32-2)15-21(20)33-3/h4-15,23,28H,1-3H3/b24-22-. The lowest BCUT2D eigenvalue weighted by molar-refractivity contribution is -0.132. The fourth-order valence-corrected chi connectivity index (χ4v) is 3.93. The molecule has 3 aromatic rings. The van der Waals surface area contributed by atoms with Crippen molar-refractivity contribution in [2.24, 2.45) is 0 Å². The third-order valence-corrected chi connectivity index (χ3v) is 5.57. The molecule has 0 spiro atoms. The van der Waals surface area contributed by atoms with Gasteiger partial charge in [-0.2, -0.15) is 0 Å². The number of methoxy groups -OCH3 is 3. The summed E-state index contributed by atoms with van der Waals surface area (Å²) in [4.78, 5) is 27.8. The quantitative estimate of drug-likeness (QED) is 0.345. The number of ether oxygens (including phenoxy) is 3. The van der Waals surface area contributed by atoms with E-state index in [0.717, 1.165) is 0 Å². The molecule has 3 aromatic carbocycles. The van der Waals surface area contributed by atoms with Crippen LogP contribution in [0.15, 0.2) is 78.4 Å². The van der Waals surface area contributed by atoms with Crippen molar-refractivity contribution in [1.29, 1.82) is 0 Å². The van der Waals surface area contributed by atoms with Crippen LogP contribution in [0.5, 0.6) is 17.2 Å². The van der Waals surface area contributed by atoms with Gasteiger partial charge < -0.3 is 19.3 Å². The van der Waals surface area contributed by atoms with Gasteiger partial charge in [0.15, 0.2) is 0 Å². The van der Waals surface area contributed by atoms with Gasteiger partial charge in [-0.3, -0.25) is 14.5 Å². The number of hydrogen-bond acceptors (Lipinski definition) is 6. The topological polar surface area (TPSA) is 85.3 Å². The number of anilines is 1. The monoisotopic (exact) mass is 445 g/mol. The second-order valence-electron chi connectivity index (χ2n) is 7.34. The van der Waals surface area contributed by atoms with Gasteiger partial charge in [0.2, 0.25) is 0 Å². The molecule has 1 amide bonds. The van der Waals surface area contributed by atoms with Crippen molar-refractivity contribution in [1.82, 2.24) is 0 Å². The summed E-state index contributed by atoms with van der Waals surface area (Å²) >= 11 is 0. The Morgan fingerprint density at radius 2 is 1.45 bits per heavy atom. The van der Waals surface area contributed by atoms with E-state index in [2.05, 4.69) is 0 Å². The van der Waals surface area contributed by atoms with Gasteiger partial charge in [0.05, 0.1) is 38.5 Å². The first-order valence-corrected chi connectivity index (χ1v) is 10.2. The molecule has 33 heavy (non-hydrogen) atoms. The predicted molar refractivity (Wildman–Crippen MR) is 124 cm³/mol. The number of rotatable bonds is 6. The Morgan fingerprint density at radius 3 is 2.06 bits per heavy atom. The Kier molecular flexibility index (Phi) is 6.04. The van der Waals surface area contributed by atoms with Crippen LogP contribution >= 0.6 is 0 Å². The van der Waals surface area contributed by atoms with Gasteiger partial charge in [-0.15, -0.1) is 0 Å². The van der Waals surface area contributed by atoms with Gasteiger partial charge in [0, 0.05) is 11.8 Å². The van der Waals surface area contributed by atoms with Crippen LogP contribution in [-0.4, -0.2) is 38.1 Å². The molecule has 0 radical (unpaired) electrons. The van der Waals surface area contributed by atoms with E-state index in [1.165, 1.54) is 19.1 Å². The SMILES string of the molecule is COc1ccc(N2C(=O)C(=O)/C(=C(\O)c3ccc(OC)cc3OC)C2c2ccccc2)cc1. The Hall–Kier alpha value is -4.26. The maximum atomic E-state index is 13.2. The van der Waals surface area contributed by atoms with Crippen LogP contribution in [0.1, 0.15) is 17.2 Å². The van der Waals surface area contributed by atoms with Crippen molar-refractivity contribution < 1.29 is 28.9 Å². The number of Topliss-reactive ketones (excluding diaryl/α,β-unsaturated/α-hetero) is 1. The lowest BCUT2D eigenvalue weighted by atomic mass is 9.95. The number of aliphatic hydroxyl groups is 1. The summed E-state index contributed by atoms with van der Waals surface area (Å²) in [5, 5.41) is 11.3. The lowest BCUT2D eigenvalue weighted by Gasteiger charge is -2.25. The van der Waals surface area contributed by atoms with Gasteiger partial charge in [0.25, 0.3) is 11.7 Å². The molecule has 7 heteroatoms. The largest absolute Gasteiger partial charge is 0.507 e. The molecule has 1 atom stereocenters. The van der Waals surface area contributed by atoms with Crippen LogP contribution < -0.4 is 19.1 Å². The molecule has 0 aromatic heterocycles. The van der Waals surface area contributed by atoms with Crippen molar-refractivity contribution >= 4 is 23.1 Å². The highest BCUT2D eigenvalue weighted by atomic mass is 16.5. The summed E-state index contributed by atoms with van der Waals surface area (Å²) in [6, 6.07) is 19.9. The Labute approximate surface area is 191 Å². The molecule has 0 saturated carbocycles. The van der Waals surface area contributed by atoms with Crippen molar-refractivity contribution in [3.63, 3.8) is 0 Å². The van der Waals surface area contributed by atoms with Crippen LogP contribution in [0.2, 0.25) is 0 Å². The summed E-state index contributed by atoms with van der Waals surface area (Å²) in [5.74, 6) is -0.374. The molecular weight excluding hydrogens is 422 g/mol. The molecule has 1 unspecified atom stereocenters. The average Bonchev–Trinajstić information content (AvgIpc) is 3.14. The first-order chi connectivity index (χ1) is 16.0. The van der Waals surface area contributed by atoms with Crippen LogP contribution in [0.3, 0.4) is 0 Å². The summed E-state index contributed by atoms with van der Waals surface area (Å²) in [6.45, 7) is 0. The van der Waals surface area contributed by atoms with Crippen LogP contribution in [0.25, 0.3) is 5.76 Å². The van der Waals surface area contributed by atoms with E-state index in [-0.39, 0.29) is 16.9 Å². The molecule has 1 N–H and O–H groups in total. The number of benzene rings is 3. The van der Waals surface area contributed by atoms with Gasteiger partial charge >= 0.3 is 0 Å². The highest BCUT2D eigenvalue weighted by Crippen LogP contribution is 2.43. The summed E-state index contributed by atoms with van der Waals surface area (Å²) in [6.07, 6.45) is 0. The lowest BCUT2D eigenvalue weighted by Crippen LogP contribution is -2.29. The first-order valence-electron chi connectivity index (χ1n) is 10.2. The molecule has 1 aliphatic heterocycles. The third-order valence-electron chi connectivity index (χ3n) is 5.57. The smallest absolute Gasteiger partial charge is 0.300 e. The molecule has 1 heterocycles. The normalized spacial score (nSPS) is 17.2. The number of carbonyl (C=O) groups excluding carboxylic acids is 2. The van der Waals surface area contributed by atoms with Crippen LogP contribution in [-0.2, 0) is 9.59 Å². The van der Waals surface area contributed by atoms with Gasteiger partial charge in [-0.05, 0) is 42.0 Å². The second-order valence-corrected chi connectivity index (χ2v) is 7.34. The van der Waals surface area contributed by atoms with Crippen LogP contribution in [0.4, 0.5) is 5.69 Å². The van der Waals surface area contributed by atoms with E-state index in [1.807, 2.05) is 30.3 Å². The highest BCUT2D eigenvalue weighted by Gasteiger charge is 2.47. The Bertz CT molecular complexity index is 1220. The highest BCUT2D eigenvalue weighted by molar-refractivity contribution is 6.51. The van der Waals surface area contributed by atoms with Gasteiger partial charge in [0.1, 0.15) is 23.0 Å². The number of hydrogen-bond donors (Lipinski definition) is 1. The van der Waals surface area contributed by atoms with E-state index in [4.69, 9.17) is 14.2 Å². The zero-order chi connectivity index (χ0) is 23.5. The minimum absolute atomic E-state index is 0.0227. The molecule has 4 rings (SSSR count). The van der Waals surface area contributed by atoms with E-state index in [0.29, 0.717) is 28.5 Å². The van der Waals surface area contributed by atoms with Crippen molar-refractivity contribution in [3.8, 4) is 17.2 Å². The number of amides is 1. The predicted octanol–water partition coefficient (Wildman–Crippen LogP) is 4.34. The van der Waals surface area contributed by atoms with E-state index < -0.39 is 17.7 Å². The maximum absolute atomic E-state index is 13.2. The molecule has 0 aliphatic carbocycles. The maximum Gasteiger partial charge on any atom is 0.300 e. The minimum atomic E-state index is -0.827. The van der Waals surface area contributed by atoms with Crippen molar-refractivity contribution in [3.05, 3.63) is 89.5 Å². The van der Waals surface area contributed by atoms with Crippen molar-refractivity contribution in [2.45, 2.75) is 6.04 Å². The minimum Gasteiger partial charge on any atom is -0.507 e. The number of ketones is 1. The number of carbonyl (C=O) groups is 2. The number of nitrogens with zero attached hydrogens (tertiary/aromatic N) is 1. The summed E-state index contributed by atoms with van der Waals surface area (Å²) in [5.41, 5.74) is 1.45. The molecular formula is C26H23NO6. The van der Waals surface area contributed by atoms with E-state index in [1.54, 1.807) is 49.6 Å². The third kappa shape index (κ3) is 3.89. The molecule has 7 nitrogen and oxygen atoms in total. The Morgan fingerprint density at radius 1 is 0.818 bits per heavy atom. The molecule has 1 saturated heterocycles. The van der Waals surface area contributed by atoms with Crippen LogP contribution in [0, 0.1) is 0 Å². The Balaban J connectivity index is 1.93. The molecule has 1 fully saturated rings. The summed E-state index contributed by atoms with van der Waals surface area (Å²) < 4.78 is 15.8. The molecule has 0 bridgehead atoms. The van der Waals surface area contributed by atoms with Gasteiger partial charge in [-0.1, -0.05) is 30.3 Å². The van der Waals surface area contributed by atoms with Crippen molar-refractivity contribution in [2.75, 3.05) is 26.2 Å². The summed E-state index contributed by atoms with van der Waals surface area (Å²) in [7, 11) is 4.52. The molecule has 168 valence electrons. The van der Waals surface area contributed by atoms with Gasteiger partial charge in [-0.25, -0.2) is 0 Å². The zero-order valence-corrected chi connectivity index (χ0v) is 18.4. The fraction of sp³-hybridized carbons (Fsp3) is 0.154. The average molecular weight is 445 g/mol. The van der Waals surface area contributed by atoms with E-state index >= 15 is 0 Å². The number of aliphatic hydroxyl groups excluding tert-OH is 1. The zero-order valence-electron chi connectivity index (χ0n) is 18.4. The van der Waals surface area contributed by atoms with E-state index in [9.17, 15) is 14.7 Å². The fourth-order valence-electron chi connectivity index (χ4n) is 3.93. The molecule has 1 aliphatic rings.